The van der Waals surface area contributed by atoms with Gasteiger partial charge < -0.3 is 9.64 Å². The standard InChI is InChI=1S/C17H21N7O/c1-3-13-10-19-17(20-11-13)25-14-4-7-23(8-5-14)15-16-22-21-12(2)24(16)9-6-18-15/h6,9-11,14H,3-5,7-8H2,1-2H3. The molecule has 0 radical (unpaired) electrons. The van der Waals surface area contributed by atoms with Gasteiger partial charge in [-0.2, -0.15) is 0 Å². The quantitative estimate of drug-likeness (QED) is 0.717. The Kier molecular flexibility index (Phi) is 4.17. The fourth-order valence-electron chi connectivity index (χ4n) is 3.07. The van der Waals surface area contributed by atoms with Crippen LogP contribution in [0.5, 0.6) is 6.01 Å². The van der Waals surface area contributed by atoms with Crippen LogP contribution in [0, 0.1) is 6.92 Å². The maximum atomic E-state index is 5.93. The van der Waals surface area contributed by atoms with Crippen molar-refractivity contribution in [1.82, 2.24) is 29.5 Å². The zero-order chi connectivity index (χ0) is 17.2. The summed E-state index contributed by atoms with van der Waals surface area (Å²) in [4.78, 5) is 15.3. The third-order valence-corrected chi connectivity index (χ3v) is 4.58. The van der Waals surface area contributed by atoms with E-state index in [1.807, 2.05) is 29.9 Å². The van der Waals surface area contributed by atoms with Crippen molar-refractivity contribution in [3.8, 4) is 6.01 Å². The number of anilines is 1. The molecule has 130 valence electrons. The second-order valence-corrected chi connectivity index (χ2v) is 6.22. The van der Waals surface area contributed by atoms with Crippen LogP contribution in [0.15, 0.2) is 24.8 Å². The topological polar surface area (TPSA) is 81.3 Å². The van der Waals surface area contributed by atoms with Gasteiger partial charge >= 0.3 is 6.01 Å². The molecule has 8 nitrogen and oxygen atoms in total. The minimum atomic E-state index is 0.128. The monoisotopic (exact) mass is 339 g/mol. The molecule has 3 aromatic rings. The molecule has 1 saturated heterocycles. The van der Waals surface area contributed by atoms with Crippen LogP contribution < -0.4 is 9.64 Å². The molecule has 0 saturated carbocycles. The van der Waals surface area contributed by atoms with Gasteiger partial charge in [-0.15, -0.1) is 10.2 Å². The summed E-state index contributed by atoms with van der Waals surface area (Å²) in [5.74, 6) is 1.75. The van der Waals surface area contributed by atoms with Gasteiger partial charge in [0, 0.05) is 50.7 Å². The molecule has 0 aliphatic carbocycles. The van der Waals surface area contributed by atoms with E-state index < -0.39 is 0 Å². The van der Waals surface area contributed by atoms with E-state index in [-0.39, 0.29) is 6.10 Å². The molecule has 0 spiro atoms. The van der Waals surface area contributed by atoms with Crippen molar-refractivity contribution >= 4 is 11.5 Å². The average molecular weight is 339 g/mol. The fraction of sp³-hybridized carbons (Fsp3) is 0.471. The van der Waals surface area contributed by atoms with Crippen LogP contribution in [0.25, 0.3) is 5.65 Å². The number of ether oxygens (including phenoxy) is 1. The smallest absolute Gasteiger partial charge is 0.316 e. The zero-order valence-electron chi connectivity index (χ0n) is 14.5. The highest BCUT2D eigenvalue weighted by Gasteiger charge is 2.24. The number of nitrogens with zero attached hydrogens (tertiary/aromatic N) is 7. The number of fused-ring (bicyclic) bond motifs is 1. The van der Waals surface area contributed by atoms with Gasteiger partial charge in [-0.05, 0) is 18.9 Å². The molecule has 25 heavy (non-hydrogen) atoms. The van der Waals surface area contributed by atoms with E-state index in [1.54, 1.807) is 6.20 Å². The van der Waals surface area contributed by atoms with Crippen LogP contribution >= 0.6 is 0 Å². The number of hydrogen-bond donors (Lipinski definition) is 0. The van der Waals surface area contributed by atoms with Crippen LogP contribution in [0.4, 0.5) is 5.82 Å². The van der Waals surface area contributed by atoms with E-state index in [9.17, 15) is 0 Å². The highest BCUT2D eigenvalue weighted by molar-refractivity contribution is 5.63. The average Bonchev–Trinajstić information content (AvgIpc) is 3.04. The van der Waals surface area contributed by atoms with Gasteiger partial charge in [0.25, 0.3) is 0 Å². The molecule has 3 aromatic heterocycles. The summed E-state index contributed by atoms with van der Waals surface area (Å²) >= 11 is 0. The minimum Gasteiger partial charge on any atom is -0.460 e. The lowest BCUT2D eigenvalue weighted by Gasteiger charge is -2.32. The van der Waals surface area contributed by atoms with Crippen molar-refractivity contribution in [3.05, 3.63) is 36.2 Å². The number of aryl methyl sites for hydroxylation is 2. The summed E-state index contributed by atoms with van der Waals surface area (Å²) in [6, 6.07) is 0.462. The first kappa shape index (κ1) is 15.7. The summed E-state index contributed by atoms with van der Waals surface area (Å²) in [5.41, 5.74) is 1.92. The Bertz CT molecular complexity index is 853. The Morgan fingerprint density at radius 3 is 2.60 bits per heavy atom. The van der Waals surface area contributed by atoms with E-state index in [0.29, 0.717) is 6.01 Å². The number of rotatable bonds is 4. The minimum absolute atomic E-state index is 0.128. The van der Waals surface area contributed by atoms with Gasteiger partial charge in [-0.1, -0.05) is 6.92 Å². The maximum Gasteiger partial charge on any atom is 0.316 e. The van der Waals surface area contributed by atoms with E-state index in [2.05, 4.69) is 37.0 Å². The molecule has 1 fully saturated rings. The van der Waals surface area contributed by atoms with E-state index in [0.717, 1.165) is 55.2 Å². The third kappa shape index (κ3) is 3.11. The first-order chi connectivity index (χ1) is 12.2. The summed E-state index contributed by atoms with van der Waals surface area (Å²) in [6.45, 7) is 5.74. The molecule has 0 aromatic carbocycles. The van der Waals surface area contributed by atoms with E-state index in [1.165, 1.54) is 0 Å². The Hall–Kier alpha value is -2.77. The van der Waals surface area contributed by atoms with Gasteiger partial charge in [0.2, 0.25) is 5.65 Å². The molecule has 0 unspecified atom stereocenters. The fourth-order valence-corrected chi connectivity index (χ4v) is 3.07. The molecule has 0 N–H and O–H groups in total. The Balaban J connectivity index is 1.42. The number of aromatic nitrogens is 6. The molecule has 1 aliphatic heterocycles. The van der Waals surface area contributed by atoms with Gasteiger partial charge in [0.1, 0.15) is 11.9 Å². The highest BCUT2D eigenvalue weighted by Crippen LogP contribution is 2.23. The van der Waals surface area contributed by atoms with Crippen LogP contribution in [-0.4, -0.2) is 48.7 Å². The predicted molar refractivity (Wildman–Crippen MR) is 92.8 cm³/mol. The second-order valence-electron chi connectivity index (χ2n) is 6.22. The van der Waals surface area contributed by atoms with Crippen molar-refractivity contribution in [1.29, 1.82) is 0 Å². The summed E-state index contributed by atoms with van der Waals surface area (Å²) in [7, 11) is 0. The molecular weight excluding hydrogens is 318 g/mol. The molecule has 0 amide bonds. The SMILES string of the molecule is CCc1cnc(OC2CCN(c3nccn4c(C)nnc34)CC2)nc1. The Morgan fingerprint density at radius 2 is 1.88 bits per heavy atom. The van der Waals surface area contributed by atoms with Crippen molar-refractivity contribution < 1.29 is 4.74 Å². The maximum absolute atomic E-state index is 5.93. The summed E-state index contributed by atoms with van der Waals surface area (Å²) in [6.07, 6.45) is 10.2. The Labute approximate surface area is 145 Å². The molecule has 0 bridgehead atoms. The molecule has 0 atom stereocenters. The predicted octanol–water partition coefficient (Wildman–Crippen LogP) is 1.83. The zero-order valence-corrected chi connectivity index (χ0v) is 14.5. The van der Waals surface area contributed by atoms with Crippen molar-refractivity contribution in [2.45, 2.75) is 39.2 Å². The van der Waals surface area contributed by atoms with E-state index >= 15 is 0 Å². The van der Waals surface area contributed by atoms with Crippen molar-refractivity contribution in [2.75, 3.05) is 18.0 Å². The van der Waals surface area contributed by atoms with Gasteiger partial charge in [0.15, 0.2) is 5.82 Å². The van der Waals surface area contributed by atoms with E-state index in [4.69, 9.17) is 4.74 Å². The summed E-state index contributed by atoms with van der Waals surface area (Å²) in [5, 5.41) is 8.40. The van der Waals surface area contributed by atoms with Gasteiger partial charge in [-0.25, -0.2) is 15.0 Å². The Morgan fingerprint density at radius 1 is 1.12 bits per heavy atom. The second kappa shape index (κ2) is 6.62. The summed E-state index contributed by atoms with van der Waals surface area (Å²) < 4.78 is 7.89. The van der Waals surface area contributed by atoms with Crippen LogP contribution in [-0.2, 0) is 6.42 Å². The molecule has 4 heterocycles. The van der Waals surface area contributed by atoms with Crippen LogP contribution in [0.2, 0.25) is 0 Å². The molecule has 8 heteroatoms. The number of piperidine rings is 1. The number of hydrogen-bond acceptors (Lipinski definition) is 7. The first-order valence-electron chi connectivity index (χ1n) is 8.63. The third-order valence-electron chi connectivity index (χ3n) is 4.58. The lowest BCUT2D eigenvalue weighted by molar-refractivity contribution is 0.156. The van der Waals surface area contributed by atoms with Crippen LogP contribution in [0.3, 0.4) is 0 Å². The van der Waals surface area contributed by atoms with Crippen molar-refractivity contribution in [3.63, 3.8) is 0 Å². The first-order valence-corrected chi connectivity index (χ1v) is 8.63. The molecule has 1 aliphatic rings. The van der Waals surface area contributed by atoms with Gasteiger partial charge in [-0.3, -0.25) is 4.40 Å². The molecular formula is C17H21N7O. The lowest BCUT2D eigenvalue weighted by atomic mass is 10.1. The van der Waals surface area contributed by atoms with Crippen LogP contribution in [0.1, 0.15) is 31.2 Å². The van der Waals surface area contributed by atoms with Gasteiger partial charge in [0.05, 0.1) is 0 Å². The normalized spacial score (nSPS) is 15.7. The highest BCUT2D eigenvalue weighted by atomic mass is 16.5. The van der Waals surface area contributed by atoms with Crippen molar-refractivity contribution in [2.24, 2.45) is 0 Å². The largest absolute Gasteiger partial charge is 0.460 e. The molecule has 4 rings (SSSR count). The lowest BCUT2D eigenvalue weighted by Crippen LogP contribution is -2.39.